The second-order valence-electron chi connectivity index (χ2n) is 6.30. The molecule has 0 unspecified atom stereocenters. The fraction of sp³-hybridized carbons (Fsp3) is 0.167. The first-order chi connectivity index (χ1) is 11.5. The van der Waals surface area contributed by atoms with Crippen molar-refractivity contribution in [2.24, 2.45) is 4.99 Å². The third-order valence-electron chi connectivity index (χ3n) is 4.15. The lowest BCUT2D eigenvalue weighted by atomic mass is 9.99. The fourth-order valence-corrected chi connectivity index (χ4v) is 3.26. The molecule has 0 saturated carbocycles. The standard InChI is InChI=1S/C18H16ClN5/c1-18(2)17-23-21-10-24(17)15-8-7-11(20)9-13(15)16(22-18)12-5-3-4-6-14(12)19/h3-10H,20H2,1-2H3. The number of nitrogens with two attached hydrogens (primary N) is 1. The van der Waals surface area contributed by atoms with E-state index in [0.29, 0.717) is 10.7 Å². The maximum Gasteiger partial charge on any atom is 0.164 e. The summed E-state index contributed by atoms with van der Waals surface area (Å²) in [5, 5.41) is 9.00. The molecule has 0 aliphatic carbocycles. The number of aliphatic imine (C=N–C) groups is 1. The van der Waals surface area contributed by atoms with Crippen molar-refractivity contribution in [1.29, 1.82) is 0 Å². The zero-order chi connectivity index (χ0) is 16.9. The summed E-state index contributed by atoms with van der Waals surface area (Å²) < 4.78 is 1.96. The molecule has 0 fully saturated rings. The molecule has 2 N–H and O–H groups in total. The first kappa shape index (κ1) is 14.9. The van der Waals surface area contributed by atoms with Gasteiger partial charge >= 0.3 is 0 Å². The van der Waals surface area contributed by atoms with E-state index in [4.69, 9.17) is 22.3 Å². The highest BCUT2D eigenvalue weighted by atomic mass is 35.5. The molecule has 4 rings (SSSR count). The Balaban J connectivity index is 2.10. The number of aromatic nitrogens is 3. The van der Waals surface area contributed by atoms with Crippen molar-refractivity contribution < 1.29 is 0 Å². The average molecular weight is 338 g/mol. The molecule has 0 amide bonds. The average Bonchev–Trinajstić information content (AvgIpc) is 3.01. The monoisotopic (exact) mass is 337 g/mol. The van der Waals surface area contributed by atoms with Crippen molar-refractivity contribution in [3.05, 3.63) is 70.8 Å². The molecule has 6 heteroatoms. The van der Waals surface area contributed by atoms with Crippen molar-refractivity contribution in [3.63, 3.8) is 0 Å². The number of benzene rings is 2. The molecule has 3 aromatic rings. The Kier molecular flexibility index (Phi) is 3.21. The van der Waals surface area contributed by atoms with E-state index in [1.165, 1.54) is 0 Å². The Morgan fingerprint density at radius 3 is 2.67 bits per heavy atom. The van der Waals surface area contributed by atoms with Gasteiger partial charge in [-0.1, -0.05) is 29.8 Å². The summed E-state index contributed by atoms with van der Waals surface area (Å²) in [6, 6.07) is 13.4. The van der Waals surface area contributed by atoms with E-state index in [9.17, 15) is 0 Å². The topological polar surface area (TPSA) is 69.1 Å². The van der Waals surface area contributed by atoms with Gasteiger partial charge in [-0.05, 0) is 38.1 Å². The maximum absolute atomic E-state index is 6.45. The van der Waals surface area contributed by atoms with Crippen molar-refractivity contribution in [3.8, 4) is 5.69 Å². The molecule has 1 aliphatic rings. The van der Waals surface area contributed by atoms with Crippen molar-refractivity contribution >= 4 is 23.0 Å². The zero-order valence-electron chi connectivity index (χ0n) is 13.4. The van der Waals surface area contributed by atoms with Gasteiger partial charge < -0.3 is 5.73 Å². The molecule has 0 saturated heterocycles. The first-order valence-electron chi connectivity index (χ1n) is 7.63. The normalized spacial score (nSPS) is 15.2. The van der Waals surface area contributed by atoms with E-state index in [-0.39, 0.29) is 0 Å². The molecule has 1 aliphatic heterocycles. The number of nitrogen functional groups attached to an aromatic ring is 1. The molecule has 2 heterocycles. The third-order valence-corrected chi connectivity index (χ3v) is 4.48. The van der Waals surface area contributed by atoms with Crippen molar-refractivity contribution in [2.45, 2.75) is 19.4 Å². The summed E-state index contributed by atoms with van der Waals surface area (Å²) in [7, 11) is 0. The Morgan fingerprint density at radius 1 is 1.08 bits per heavy atom. The van der Waals surface area contributed by atoms with E-state index in [1.807, 2.05) is 60.9 Å². The summed E-state index contributed by atoms with van der Waals surface area (Å²) in [5.74, 6) is 0.774. The van der Waals surface area contributed by atoms with Gasteiger partial charge in [0.15, 0.2) is 5.82 Å². The van der Waals surface area contributed by atoms with E-state index >= 15 is 0 Å². The SMILES string of the molecule is CC1(C)N=C(c2ccccc2Cl)c2cc(N)ccc2-n2cnnc21. The smallest absolute Gasteiger partial charge is 0.164 e. The van der Waals surface area contributed by atoms with Crippen molar-refractivity contribution in [2.75, 3.05) is 5.73 Å². The number of anilines is 1. The van der Waals surface area contributed by atoms with Crippen LogP contribution in [0, 0.1) is 0 Å². The molecule has 2 aromatic carbocycles. The fourth-order valence-electron chi connectivity index (χ4n) is 3.03. The number of fused-ring (bicyclic) bond motifs is 3. The van der Waals surface area contributed by atoms with E-state index < -0.39 is 5.54 Å². The molecule has 5 nitrogen and oxygen atoms in total. The van der Waals surface area contributed by atoms with Gasteiger partial charge in [-0.25, -0.2) is 0 Å². The van der Waals surface area contributed by atoms with Gasteiger partial charge in [0, 0.05) is 21.8 Å². The van der Waals surface area contributed by atoms with E-state index in [1.54, 1.807) is 6.33 Å². The van der Waals surface area contributed by atoms with Crippen LogP contribution >= 0.6 is 11.6 Å². The molecule has 1 aromatic heterocycles. The van der Waals surface area contributed by atoms with Crippen LogP contribution in [0.1, 0.15) is 30.8 Å². The van der Waals surface area contributed by atoms with Crippen molar-refractivity contribution in [1.82, 2.24) is 14.8 Å². The highest BCUT2D eigenvalue weighted by Gasteiger charge is 2.32. The van der Waals surface area contributed by atoms with Gasteiger partial charge in [0.1, 0.15) is 11.9 Å². The van der Waals surface area contributed by atoms with Gasteiger partial charge in [-0.15, -0.1) is 10.2 Å². The van der Waals surface area contributed by atoms with Crippen LogP contribution < -0.4 is 5.73 Å². The summed E-state index contributed by atoms with van der Waals surface area (Å²) in [4.78, 5) is 4.99. The Bertz CT molecular complexity index is 971. The molecule has 0 bridgehead atoms. The van der Waals surface area contributed by atoms with Crippen LogP contribution in [0.3, 0.4) is 0 Å². The van der Waals surface area contributed by atoms with Crippen LogP contribution in [-0.4, -0.2) is 20.5 Å². The zero-order valence-corrected chi connectivity index (χ0v) is 14.1. The Hall–Kier alpha value is -2.66. The minimum Gasteiger partial charge on any atom is -0.399 e. The van der Waals surface area contributed by atoms with Crippen LogP contribution in [0.15, 0.2) is 53.8 Å². The Morgan fingerprint density at radius 2 is 1.88 bits per heavy atom. The minimum atomic E-state index is -0.557. The number of rotatable bonds is 1. The van der Waals surface area contributed by atoms with Crippen LogP contribution in [0.2, 0.25) is 5.02 Å². The Labute approximate surface area is 144 Å². The third kappa shape index (κ3) is 2.20. The molecule has 120 valence electrons. The summed E-state index contributed by atoms with van der Waals surface area (Å²) in [6.07, 6.45) is 1.71. The van der Waals surface area contributed by atoms with Gasteiger partial charge in [0.2, 0.25) is 0 Å². The number of hydrogen-bond donors (Lipinski definition) is 1. The molecule has 0 atom stereocenters. The van der Waals surface area contributed by atoms with Crippen LogP contribution in [0.25, 0.3) is 5.69 Å². The summed E-state index contributed by atoms with van der Waals surface area (Å²) in [5.41, 5.74) is 9.69. The lowest BCUT2D eigenvalue weighted by molar-refractivity contribution is 0.510. The second kappa shape index (κ2) is 5.18. The number of hydrogen-bond acceptors (Lipinski definition) is 4. The molecule has 0 radical (unpaired) electrons. The second-order valence-corrected chi connectivity index (χ2v) is 6.71. The van der Waals surface area contributed by atoms with E-state index in [2.05, 4.69) is 10.2 Å². The molecular formula is C18H16ClN5. The quantitative estimate of drug-likeness (QED) is 0.690. The number of nitrogens with zero attached hydrogens (tertiary/aromatic N) is 4. The molecular weight excluding hydrogens is 322 g/mol. The predicted molar refractivity (Wildman–Crippen MR) is 95.9 cm³/mol. The van der Waals surface area contributed by atoms with Gasteiger partial charge in [-0.3, -0.25) is 9.56 Å². The highest BCUT2D eigenvalue weighted by molar-refractivity contribution is 6.35. The molecule has 24 heavy (non-hydrogen) atoms. The highest BCUT2D eigenvalue weighted by Crippen LogP contribution is 2.35. The van der Waals surface area contributed by atoms with Crippen LogP contribution in [0.5, 0.6) is 0 Å². The largest absolute Gasteiger partial charge is 0.399 e. The van der Waals surface area contributed by atoms with Crippen LogP contribution in [-0.2, 0) is 5.54 Å². The summed E-state index contributed by atoms with van der Waals surface area (Å²) >= 11 is 6.45. The first-order valence-corrected chi connectivity index (χ1v) is 8.01. The maximum atomic E-state index is 6.45. The number of halogens is 1. The lowest BCUT2D eigenvalue weighted by Crippen LogP contribution is -2.20. The van der Waals surface area contributed by atoms with Gasteiger partial charge in [0.25, 0.3) is 0 Å². The molecule has 0 spiro atoms. The summed E-state index contributed by atoms with van der Waals surface area (Å²) in [6.45, 7) is 4.03. The lowest BCUT2D eigenvalue weighted by Gasteiger charge is -2.18. The van der Waals surface area contributed by atoms with Crippen LogP contribution in [0.4, 0.5) is 5.69 Å². The van der Waals surface area contributed by atoms with Gasteiger partial charge in [-0.2, -0.15) is 0 Å². The predicted octanol–water partition coefficient (Wildman–Crippen LogP) is 3.59. The van der Waals surface area contributed by atoms with Gasteiger partial charge in [0.05, 0.1) is 11.4 Å². The van der Waals surface area contributed by atoms with E-state index in [0.717, 1.165) is 28.4 Å². The minimum absolute atomic E-state index is 0.557.